The number of aliphatic hydroxyl groups is 1. The van der Waals surface area contributed by atoms with Crippen LogP contribution in [0, 0.1) is 0 Å². The van der Waals surface area contributed by atoms with E-state index in [4.69, 9.17) is 0 Å². The Morgan fingerprint density at radius 3 is 2.06 bits per heavy atom. The van der Waals surface area contributed by atoms with Gasteiger partial charge in [-0.1, -0.05) is 70.9 Å². The summed E-state index contributed by atoms with van der Waals surface area (Å²) in [6.45, 7) is 6.38. The summed E-state index contributed by atoms with van der Waals surface area (Å²) in [5.74, 6) is 0. The first kappa shape index (κ1) is 16.7. The van der Waals surface area contributed by atoms with Gasteiger partial charge in [-0.05, 0) is 26.2 Å². The molecule has 1 unspecified atom stereocenters. The van der Waals surface area contributed by atoms with E-state index in [1.807, 2.05) is 13.0 Å². The molecule has 0 aliphatic carbocycles. The second kappa shape index (κ2) is 10.8. The lowest BCUT2D eigenvalue weighted by atomic mass is 9.97. The quantitative estimate of drug-likeness (QED) is 0.387. The third kappa shape index (κ3) is 12.0. The number of rotatable bonds is 11. The molecule has 0 saturated heterocycles. The molecule has 17 heavy (non-hydrogen) atoms. The molecular formula is C16H32O. The van der Waals surface area contributed by atoms with Gasteiger partial charge >= 0.3 is 0 Å². The number of allylic oxidation sites excluding steroid dienone is 1. The van der Waals surface area contributed by atoms with Crippen LogP contribution >= 0.6 is 0 Å². The molecule has 0 aromatic heterocycles. The Bertz CT molecular complexity index is 182. The highest BCUT2D eigenvalue weighted by Crippen LogP contribution is 2.17. The summed E-state index contributed by atoms with van der Waals surface area (Å²) in [5, 5.41) is 10.1. The van der Waals surface area contributed by atoms with Crippen molar-refractivity contribution in [3.8, 4) is 0 Å². The van der Waals surface area contributed by atoms with Crippen molar-refractivity contribution in [1.29, 1.82) is 0 Å². The Morgan fingerprint density at radius 2 is 1.47 bits per heavy atom. The minimum absolute atomic E-state index is 0.585. The first-order valence-corrected chi connectivity index (χ1v) is 7.52. The molecule has 0 amide bonds. The summed E-state index contributed by atoms with van der Waals surface area (Å²) in [4.78, 5) is 0. The fourth-order valence-corrected chi connectivity index (χ4v) is 2.02. The van der Waals surface area contributed by atoms with Crippen LogP contribution in [0.4, 0.5) is 0 Å². The molecule has 0 fully saturated rings. The van der Waals surface area contributed by atoms with Crippen molar-refractivity contribution in [2.24, 2.45) is 0 Å². The Labute approximate surface area is 108 Å². The van der Waals surface area contributed by atoms with Crippen molar-refractivity contribution in [2.75, 3.05) is 0 Å². The molecule has 102 valence electrons. The van der Waals surface area contributed by atoms with Gasteiger partial charge in [0.25, 0.3) is 0 Å². The zero-order valence-electron chi connectivity index (χ0n) is 12.2. The summed E-state index contributed by atoms with van der Waals surface area (Å²) in [7, 11) is 0. The molecule has 0 aliphatic heterocycles. The average molecular weight is 240 g/mol. The van der Waals surface area contributed by atoms with Gasteiger partial charge in [0, 0.05) is 0 Å². The number of hydrogen-bond donors (Lipinski definition) is 1. The van der Waals surface area contributed by atoms with Gasteiger partial charge in [-0.25, -0.2) is 0 Å². The molecule has 1 nitrogen and oxygen atoms in total. The van der Waals surface area contributed by atoms with Crippen LogP contribution in [0.25, 0.3) is 0 Å². The second-order valence-electron chi connectivity index (χ2n) is 5.42. The molecule has 1 N–H and O–H groups in total. The average Bonchev–Trinajstić information content (AvgIpc) is 2.29. The lowest BCUT2D eigenvalue weighted by molar-refractivity contribution is 0.0982. The Balaban J connectivity index is 3.56. The van der Waals surface area contributed by atoms with E-state index in [9.17, 15) is 5.11 Å². The second-order valence-corrected chi connectivity index (χ2v) is 5.42. The van der Waals surface area contributed by atoms with Crippen LogP contribution in [0.1, 0.15) is 85.0 Å². The van der Waals surface area contributed by atoms with Crippen molar-refractivity contribution >= 4 is 0 Å². The zero-order chi connectivity index (χ0) is 13.0. The predicted octanol–water partition coefficient (Wildman–Crippen LogP) is 5.23. The molecular weight excluding hydrogens is 208 g/mol. The molecule has 0 bridgehead atoms. The molecule has 0 heterocycles. The molecule has 0 radical (unpaired) electrons. The van der Waals surface area contributed by atoms with E-state index in [2.05, 4.69) is 19.9 Å². The van der Waals surface area contributed by atoms with Gasteiger partial charge < -0.3 is 5.11 Å². The van der Waals surface area contributed by atoms with E-state index in [0.717, 1.165) is 19.3 Å². The van der Waals surface area contributed by atoms with Gasteiger partial charge in [0.1, 0.15) is 0 Å². The highest BCUT2D eigenvalue weighted by Gasteiger charge is 2.14. The molecule has 0 spiro atoms. The molecule has 1 atom stereocenters. The minimum Gasteiger partial charge on any atom is -0.386 e. The van der Waals surface area contributed by atoms with Crippen LogP contribution < -0.4 is 0 Å². The van der Waals surface area contributed by atoms with E-state index < -0.39 is 5.60 Å². The molecule has 0 saturated carbocycles. The van der Waals surface area contributed by atoms with Crippen molar-refractivity contribution < 1.29 is 5.11 Å². The largest absolute Gasteiger partial charge is 0.386 e. The van der Waals surface area contributed by atoms with Gasteiger partial charge in [0.2, 0.25) is 0 Å². The molecule has 0 aromatic carbocycles. The molecule has 0 aliphatic rings. The van der Waals surface area contributed by atoms with Crippen LogP contribution in [0.5, 0.6) is 0 Å². The normalized spacial score (nSPS) is 15.3. The maximum atomic E-state index is 10.1. The fraction of sp³-hybridized carbons (Fsp3) is 0.875. The van der Waals surface area contributed by atoms with Crippen LogP contribution in [0.3, 0.4) is 0 Å². The summed E-state index contributed by atoms with van der Waals surface area (Å²) < 4.78 is 0. The number of hydrogen-bond acceptors (Lipinski definition) is 1. The molecule has 0 aromatic rings. The van der Waals surface area contributed by atoms with Crippen LogP contribution in [0.2, 0.25) is 0 Å². The minimum atomic E-state index is -0.585. The van der Waals surface area contributed by atoms with E-state index >= 15 is 0 Å². The van der Waals surface area contributed by atoms with Gasteiger partial charge in [0.05, 0.1) is 5.60 Å². The molecule has 0 rings (SSSR count). The highest BCUT2D eigenvalue weighted by atomic mass is 16.3. The third-order valence-electron chi connectivity index (χ3n) is 3.24. The van der Waals surface area contributed by atoms with E-state index in [1.165, 1.54) is 44.9 Å². The van der Waals surface area contributed by atoms with Gasteiger partial charge in [-0.3, -0.25) is 0 Å². The van der Waals surface area contributed by atoms with Crippen molar-refractivity contribution in [3.63, 3.8) is 0 Å². The van der Waals surface area contributed by atoms with Crippen LogP contribution in [-0.2, 0) is 0 Å². The lowest BCUT2D eigenvalue weighted by Crippen LogP contribution is -2.20. The summed E-state index contributed by atoms with van der Waals surface area (Å²) in [5.41, 5.74) is -0.585. The standard InChI is InChI=1S/C16H32O/c1-4-6-8-10-11-13-15-16(3,17)14-12-9-7-5-2/h13,15,17H,4-12,14H2,1-3H3. The van der Waals surface area contributed by atoms with E-state index in [1.54, 1.807) is 0 Å². The maximum absolute atomic E-state index is 10.1. The van der Waals surface area contributed by atoms with Gasteiger partial charge in [-0.2, -0.15) is 0 Å². The van der Waals surface area contributed by atoms with Crippen molar-refractivity contribution in [3.05, 3.63) is 12.2 Å². The Kier molecular flexibility index (Phi) is 10.6. The molecule has 1 heteroatoms. The van der Waals surface area contributed by atoms with Crippen molar-refractivity contribution in [2.45, 2.75) is 90.6 Å². The summed E-state index contributed by atoms with van der Waals surface area (Å²) >= 11 is 0. The highest BCUT2D eigenvalue weighted by molar-refractivity contribution is 4.97. The Morgan fingerprint density at radius 1 is 0.882 bits per heavy atom. The lowest BCUT2D eigenvalue weighted by Gasteiger charge is -2.18. The first-order chi connectivity index (χ1) is 8.12. The van der Waals surface area contributed by atoms with Gasteiger partial charge in [0.15, 0.2) is 0 Å². The predicted molar refractivity (Wildman–Crippen MR) is 77.3 cm³/mol. The fourth-order valence-electron chi connectivity index (χ4n) is 2.02. The third-order valence-corrected chi connectivity index (χ3v) is 3.24. The summed E-state index contributed by atoms with van der Waals surface area (Å²) in [6.07, 6.45) is 16.3. The van der Waals surface area contributed by atoms with E-state index in [0.29, 0.717) is 0 Å². The Hall–Kier alpha value is -0.300. The maximum Gasteiger partial charge on any atom is 0.0799 e. The zero-order valence-corrected chi connectivity index (χ0v) is 12.2. The van der Waals surface area contributed by atoms with Crippen LogP contribution in [0.15, 0.2) is 12.2 Å². The topological polar surface area (TPSA) is 20.2 Å². The van der Waals surface area contributed by atoms with Crippen LogP contribution in [-0.4, -0.2) is 10.7 Å². The van der Waals surface area contributed by atoms with Crippen molar-refractivity contribution in [1.82, 2.24) is 0 Å². The summed E-state index contributed by atoms with van der Waals surface area (Å²) in [6, 6.07) is 0. The van der Waals surface area contributed by atoms with E-state index in [-0.39, 0.29) is 0 Å². The monoisotopic (exact) mass is 240 g/mol. The number of unbranched alkanes of at least 4 members (excludes halogenated alkanes) is 7. The first-order valence-electron chi connectivity index (χ1n) is 7.52. The SMILES string of the molecule is CCCCCCC=CC(C)(O)CCCCCC. The smallest absolute Gasteiger partial charge is 0.0799 e. The van der Waals surface area contributed by atoms with Gasteiger partial charge in [-0.15, -0.1) is 0 Å².